The topological polar surface area (TPSA) is 63.9 Å². The second-order valence-corrected chi connectivity index (χ2v) is 5.73. The molecule has 7 nitrogen and oxygen atoms in total. The lowest BCUT2D eigenvalue weighted by atomic mass is 10.0. The fourth-order valence-electron chi connectivity index (χ4n) is 2.92. The van der Waals surface area contributed by atoms with E-state index in [1.54, 1.807) is 7.11 Å². The summed E-state index contributed by atoms with van der Waals surface area (Å²) in [6, 6.07) is 0.643. The van der Waals surface area contributed by atoms with Crippen LogP contribution in [0.5, 0.6) is 0 Å². The van der Waals surface area contributed by atoms with Crippen molar-refractivity contribution >= 4 is 6.01 Å². The molecule has 0 aromatic carbocycles. The highest BCUT2D eigenvalue weighted by atomic mass is 16.7. The van der Waals surface area contributed by atoms with Crippen LogP contribution < -0.4 is 4.90 Å². The molecular weight excluding hydrogens is 272 g/mol. The number of anilines is 1. The third-order valence-electron chi connectivity index (χ3n) is 4.21. The molecule has 2 aliphatic rings. The molecule has 0 aliphatic carbocycles. The third-order valence-corrected chi connectivity index (χ3v) is 4.21. The summed E-state index contributed by atoms with van der Waals surface area (Å²) in [6.07, 6.45) is 4.57. The van der Waals surface area contributed by atoms with Crippen molar-refractivity contribution in [1.82, 2.24) is 15.3 Å². The van der Waals surface area contributed by atoms with Gasteiger partial charge in [-0.05, 0) is 31.6 Å². The zero-order valence-electron chi connectivity index (χ0n) is 12.7. The van der Waals surface area contributed by atoms with Gasteiger partial charge in [0, 0.05) is 32.8 Å². The molecule has 1 aromatic heterocycles. The first-order chi connectivity index (χ1) is 10.3. The first-order valence-corrected chi connectivity index (χ1v) is 7.79. The predicted molar refractivity (Wildman–Crippen MR) is 76.7 cm³/mol. The van der Waals surface area contributed by atoms with Crippen molar-refractivity contribution in [3.05, 3.63) is 5.89 Å². The van der Waals surface area contributed by atoms with Crippen LogP contribution in [0.1, 0.15) is 31.6 Å². The number of hydrogen-bond acceptors (Lipinski definition) is 7. The van der Waals surface area contributed by atoms with E-state index in [2.05, 4.69) is 15.1 Å². The molecule has 0 atom stereocenters. The van der Waals surface area contributed by atoms with E-state index >= 15 is 0 Å². The van der Waals surface area contributed by atoms with Gasteiger partial charge in [-0.25, -0.2) is 0 Å². The average molecular weight is 296 g/mol. The summed E-state index contributed by atoms with van der Waals surface area (Å²) in [4.78, 5) is 7.59. The van der Waals surface area contributed by atoms with E-state index in [4.69, 9.17) is 14.0 Å². The molecule has 0 radical (unpaired) electrons. The molecule has 21 heavy (non-hydrogen) atoms. The van der Waals surface area contributed by atoms with Gasteiger partial charge in [-0.2, -0.15) is 5.06 Å². The number of ether oxygens (including phenoxy) is 1. The molecule has 0 spiro atoms. The molecule has 0 amide bonds. The second-order valence-electron chi connectivity index (χ2n) is 5.73. The van der Waals surface area contributed by atoms with Gasteiger partial charge in [-0.15, -0.1) is 5.10 Å². The molecule has 2 aliphatic heterocycles. The van der Waals surface area contributed by atoms with Gasteiger partial charge in [0.2, 0.25) is 5.89 Å². The van der Waals surface area contributed by atoms with E-state index in [1.165, 1.54) is 12.8 Å². The molecular formula is C14H24N4O3. The van der Waals surface area contributed by atoms with Crippen molar-refractivity contribution in [2.75, 3.05) is 44.9 Å². The van der Waals surface area contributed by atoms with Gasteiger partial charge < -0.3 is 18.9 Å². The van der Waals surface area contributed by atoms with Crippen molar-refractivity contribution < 1.29 is 14.0 Å². The Hall–Kier alpha value is -1.18. The largest absolute Gasteiger partial charge is 0.406 e. The van der Waals surface area contributed by atoms with Crippen molar-refractivity contribution in [2.24, 2.45) is 5.92 Å². The fourth-order valence-corrected chi connectivity index (χ4v) is 2.92. The number of nitrogens with zero attached hydrogens (tertiary/aromatic N) is 4. The number of aromatic nitrogens is 2. The second kappa shape index (κ2) is 7.20. The van der Waals surface area contributed by atoms with Crippen molar-refractivity contribution in [1.29, 1.82) is 0 Å². The van der Waals surface area contributed by atoms with Crippen LogP contribution in [-0.2, 0) is 16.1 Å². The summed E-state index contributed by atoms with van der Waals surface area (Å²) < 4.78 is 11.1. The Kier molecular flexibility index (Phi) is 5.05. The van der Waals surface area contributed by atoms with Crippen molar-refractivity contribution in [3.63, 3.8) is 0 Å². The summed E-state index contributed by atoms with van der Waals surface area (Å²) in [7, 11) is 1.69. The lowest BCUT2D eigenvalue weighted by Crippen LogP contribution is -2.31. The minimum atomic E-state index is 0.536. The Labute approximate surface area is 125 Å². The van der Waals surface area contributed by atoms with Crippen LogP contribution in [0.2, 0.25) is 0 Å². The number of rotatable bonds is 6. The van der Waals surface area contributed by atoms with E-state index in [0.29, 0.717) is 24.4 Å². The Bertz CT molecular complexity index is 428. The maximum absolute atomic E-state index is 5.75. The van der Waals surface area contributed by atoms with Gasteiger partial charge in [-0.3, -0.25) is 0 Å². The van der Waals surface area contributed by atoms with Crippen LogP contribution in [0.4, 0.5) is 6.01 Å². The summed E-state index contributed by atoms with van der Waals surface area (Å²) in [5.41, 5.74) is 0. The summed E-state index contributed by atoms with van der Waals surface area (Å²) in [5.74, 6) is 1.23. The molecule has 7 heteroatoms. The molecule has 118 valence electrons. The quantitative estimate of drug-likeness (QED) is 0.736. The third kappa shape index (κ3) is 3.93. The van der Waals surface area contributed by atoms with Crippen LogP contribution >= 0.6 is 0 Å². The standard InChI is InChI=1S/C14H24N4O3/c1-19-18(10-12-4-8-20-9-5-12)11-13-15-16-14(21-13)17-6-2-3-7-17/h12H,2-11H2,1H3. The maximum atomic E-state index is 5.75. The first kappa shape index (κ1) is 14.7. The Balaban J connectivity index is 1.53. The molecule has 3 heterocycles. The minimum Gasteiger partial charge on any atom is -0.406 e. The van der Waals surface area contributed by atoms with Gasteiger partial charge >= 0.3 is 6.01 Å². The summed E-state index contributed by atoms with van der Waals surface area (Å²) in [6.45, 7) is 5.13. The van der Waals surface area contributed by atoms with Crippen LogP contribution in [0, 0.1) is 5.92 Å². The molecule has 2 saturated heterocycles. The SMILES string of the molecule is CON(Cc1nnc(N2CCCC2)o1)CC1CCOCC1. The van der Waals surface area contributed by atoms with Gasteiger partial charge in [0.1, 0.15) is 6.54 Å². The first-order valence-electron chi connectivity index (χ1n) is 7.79. The zero-order valence-corrected chi connectivity index (χ0v) is 12.7. The van der Waals surface area contributed by atoms with Crippen LogP contribution in [0.3, 0.4) is 0 Å². The molecule has 0 bridgehead atoms. The van der Waals surface area contributed by atoms with E-state index in [-0.39, 0.29) is 0 Å². The normalized spacial score (nSPS) is 20.6. The lowest BCUT2D eigenvalue weighted by Gasteiger charge is -2.27. The molecule has 2 fully saturated rings. The van der Waals surface area contributed by atoms with E-state index in [9.17, 15) is 0 Å². The monoisotopic (exact) mass is 296 g/mol. The molecule has 1 aromatic rings. The summed E-state index contributed by atoms with van der Waals surface area (Å²) in [5, 5.41) is 10.2. The van der Waals surface area contributed by atoms with E-state index in [1.807, 2.05) is 5.06 Å². The highest BCUT2D eigenvalue weighted by Crippen LogP contribution is 2.20. The number of hydrogen-bond donors (Lipinski definition) is 0. The molecule has 3 rings (SSSR count). The maximum Gasteiger partial charge on any atom is 0.318 e. The van der Waals surface area contributed by atoms with E-state index in [0.717, 1.165) is 45.7 Å². The Morgan fingerprint density at radius 3 is 2.71 bits per heavy atom. The van der Waals surface area contributed by atoms with Crippen LogP contribution in [0.25, 0.3) is 0 Å². The minimum absolute atomic E-state index is 0.536. The smallest absolute Gasteiger partial charge is 0.318 e. The Morgan fingerprint density at radius 1 is 1.24 bits per heavy atom. The zero-order chi connectivity index (χ0) is 14.5. The fraction of sp³-hybridized carbons (Fsp3) is 0.857. The van der Waals surface area contributed by atoms with E-state index < -0.39 is 0 Å². The molecule has 0 saturated carbocycles. The van der Waals surface area contributed by atoms with Gasteiger partial charge in [0.15, 0.2) is 0 Å². The Morgan fingerprint density at radius 2 is 2.00 bits per heavy atom. The highest BCUT2D eigenvalue weighted by molar-refractivity contribution is 5.25. The lowest BCUT2D eigenvalue weighted by molar-refractivity contribution is -0.156. The van der Waals surface area contributed by atoms with Crippen molar-refractivity contribution in [3.8, 4) is 0 Å². The van der Waals surface area contributed by atoms with Gasteiger partial charge in [0.05, 0.1) is 7.11 Å². The molecule has 0 N–H and O–H groups in total. The summed E-state index contributed by atoms with van der Waals surface area (Å²) >= 11 is 0. The predicted octanol–water partition coefficient (Wildman–Crippen LogP) is 1.46. The number of hydroxylamine groups is 2. The van der Waals surface area contributed by atoms with Gasteiger partial charge in [-0.1, -0.05) is 5.10 Å². The highest BCUT2D eigenvalue weighted by Gasteiger charge is 2.22. The average Bonchev–Trinajstić information content (AvgIpc) is 3.18. The van der Waals surface area contributed by atoms with Gasteiger partial charge in [0.25, 0.3) is 0 Å². The van der Waals surface area contributed by atoms with Crippen molar-refractivity contribution in [2.45, 2.75) is 32.2 Å². The molecule has 0 unspecified atom stereocenters. The van der Waals surface area contributed by atoms with Crippen LogP contribution in [0.15, 0.2) is 4.42 Å². The van der Waals surface area contributed by atoms with Crippen LogP contribution in [-0.4, -0.2) is 55.2 Å².